The molecule has 1 aromatic carbocycles. The number of hydrogen-bond donors (Lipinski definition) is 1. The van der Waals surface area contributed by atoms with Crippen LogP contribution in [0.3, 0.4) is 0 Å². The lowest BCUT2D eigenvalue weighted by Crippen LogP contribution is -2.34. The van der Waals surface area contributed by atoms with E-state index in [1.807, 2.05) is 25.1 Å². The Kier molecular flexibility index (Phi) is 8.22. The van der Waals surface area contributed by atoms with Crippen LogP contribution in [-0.2, 0) is 29.3 Å². The predicted octanol–water partition coefficient (Wildman–Crippen LogP) is 2.40. The second-order valence-corrected chi connectivity index (χ2v) is 11.5. The number of nitrogens with zero attached hydrogens (tertiary/aromatic N) is 4. The Morgan fingerprint density at radius 2 is 1.90 bits per heavy atom. The van der Waals surface area contributed by atoms with Crippen molar-refractivity contribution < 1.29 is 41.3 Å². The molecular weight excluding hydrogens is 556 g/mol. The lowest BCUT2D eigenvalue weighted by molar-refractivity contribution is -0.197. The Balaban J connectivity index is 1.29. The van der Waals surface area contributed by atoms with Gasteiger partial charge in [-0.1, -0.05) is 0 Å². The molecule has 3 aliphatic heterocycles. The molecule has 41 heavy (non-hydrogen) atoms. The number of carbonyl (C=O) groups is 3. The Morgan fingerprint density at radius 1 is 1.12 bits per heavy atom. The van der Waals surface area contributed by atoms with Crippen molar-refractivity contribution in [2.45, 2.75) is 45.4 Å². The number of amides is 2. The molecule has 218 valence electrons. The molecule has 0 spiro atoms. The highest BCUT2D eigenvalue weighted by Gasteiger charge is 2.32. The third kappa shape index (κ3) is 6.82. The maximum absolute atomic E-state index is 12.2. The fourth-order valence-corrected chi connectivity index (χ4v) is 5.32. The molecule has 1 saturated heterocycles. The van der Waals surface area contributed by atoms with Gasteiger partial charge in [-0.15, -0.1) is 5.06 Å². The van der Waals surface area contributed by atoms with Gasteiger partial charge in [0.05, 0.1) is 23.3 Å². The average Bonchev–Trinajstić information content (AvgIpc) is 3.22. The number of hydrogen-bond acceptors (Lipinski definition) is 11. The van der Waals surface area contributed by atoms with Gasteiger partial charge in [0.1, 0.15) is 23.6 Å². The SMILES string of the molecule is Cc1cc2nc3cc4c(cc3oc-2c/c1=N/CCCCS(=O)(=O)O)N(CCCC(=O)ON1C(=O)CCC1=O)CCO4. The van der Waals surface area contributed by atoms with E-state index in [1.54, 1.807) is 6.07 Å². The summed E-state index contributed by atoms with van der Waals surface area (Å²) >= 11 is 0. The monoisotopic (exact) mass is 586 g/mol. The fraction of sp³-hybridized carbons (Fsp3) is 0.444. The van der Waals surface area contributed by atoms with Crippen LogP contribution in [0.2, 0.25) is 0 Å². The summed E-state index contributed by atoms with van der Waals surface area (Å²) in [6, 6.07) is 7.35. The molecule has 0 bridgehead atoms. The fourth-order valence-electron chi connectivity index (χ4n) is 4.75. The first-order valence-corrected chi connectivity index (χ1v) is 15.0. The maximum Gasteiger partial charge on any atom is 0.333 e. The minimum absolute atomic E-state index is 0.0370. The standard InChI is InChI=1S/C27H30N4O9S/c1-17-13-19-22(14-18(17)28-8-2-3-12-41(35,36)37)39-23-16-21-24(15-20(23)29-19)38-11-10-30(21)9-4-5-27(34)40-31-25(32)6-7-26(31)33/h13-16H,2-12H2,1H3,(H,35,36,37)/b28-18-. The van der Waals surface area contributed by atoms with Gasteiger partial charge in [0.25, 0.3) is 21.9 Å². The number of unbranched alkanes of at least 4 members (excludes halogenated alkanes) is 1. The van der Waals surface area contributed by atoms with Gasteiger partial charge in [0.2, 0.25) is 0 Å². The van der Waals surface area contributed by atoms with Crippen molar-refractivity contribution in [1.82, 2.24) is 10.0 Å². The molecule has 5 rings (SSSR count). The molecule has 4 aliphatic rings. The molecule has 1 aromatic rings. The Bertz CT molecular complexity index is 1630. The summed E-state index contributed by atoms with van der Waals surface area (Å²) < 4.78 is 42.7. The van der Waals surface area contributed by atoms with Crippen molar-refractivity contribution in [3.63, 3.8) is 0 Å². The summed E-state index contributed by atoms with van der Waals surface area (Å²) in [6.07, 6.45) is 1.40. The molecule has 3 heterocycles. The smallest absolute Gasteiger partial charge is 0.333 e. The van der Waals surface area contributed by atoms with E-state index in [1.165, 1.54) is 0 Å². The number of benzene rings is 2. The number of hydroxylamine groups is 2. The normalized spacial score (nSPS) is 16.0. The number of carbonyl (C=O) groups excluding carboxylic acids is 3. The average molecular weight is 587 g/mol. The Morgan fingerprint density at radius 3 is 2.66 bits per heavy atom. The summed E-state index contributed by atoms with van der Waals surface area (Å²) in [6.45, 7) is 3.88. The second kappa shape index (κ2) is 11.8. The van der Waals surface area contributed by atoms with Gasteiger partial charge < -0.3 is 18.9 Å². The van der Waals surface area contributed by atoms with Crippen LogP contribution >= 0.6 is 0 Å². The van der Waals surface area contributed by atoms with Crippen LogP contribution in [0.5, 0.6) is 5.75 Å². The van der Waals surface area contributed by atoms with E-state index in [2.05, 4.69) is 9.89 Å². The minimum atomic E-state index is -3.98. The zero-order chi connectivity index (χ0) is 29.1. The van der Waals surface area contributed by atoms with E-state index in [0.717, 1.165) is 11.3 Å². The van der Waals surface area contributed by atoms with Crippen LogP contribution in [-0.4, -0.2) is 72.8 Å². The van der Waals surface area contributed by atoms with Gasteiger partial charge in [0, 0.05) is 50.6 Å². The van der Waals surface area contributed by atoms with Crippen LogP contribution in [0.4, 0.5) is 5.69 Å². The molecule has 0 aromatic heterocycles. The van der Waals surface area contributed by atoms with Gasteiger partial charge in [-0.2, -0.15) is 8.42 Å². The summed E-state index contributed by atoms with van der Waals surface area (Å²) in [7, 11) is -3.98. The highest BCUT2D eigenvalue weighted by atomic mass is 32.2. The Hall–Kier alpha value is -4.04. The minimum Gasteiger partial charge on any atom is -0.489 e. The lowest BCUT2D eigenvalue weighted by Gasteiger charge is -2.31. The topological polar surface area (TPSA) is 169 Å². The molecule has 1 fully saturated rings. The maximum atomic E-state index is 12.2. The van der Waals surface area contributed by atoms with Crippen molar-refractivity contribution in [2.24, 2.45) is 4.99 Å². The first-order chi connectivity index (χ1) is 19.6. The molecule has 14 heteroatoms. The van der Waals surface area contributed by atoms with Crippen LogP contribution in [0.15, 0.2) is 33.7 Å². The highest BCUT2D eigenvalue weighted by Crippen LogP contribution is 2.37. The van der Waals surface area contributed by atoms with Gasteiger partial charge in [-0.25, -0.2) is 9.78 Å². The highest BCUT2D eigenvalue weighted by molar-refractivity contribution is 7.85. The van der Waals surface area contributed by atoms with E-state index >= 15 is 0 Å². The first-order valence-electron chi connectivity index (χ1n) is 13.4. The first kappa shape index (κ1) is 28.5. The molecule has 13 nitrogen and oxygen atoms in total. The molecule has 2 amide bonds. The van der Waals surface area contributed by atoms with E-state index < -0.39 is 27.9 Å². The number of fused-ring (bicyclic) bond motifs is 3. The third-order valence-corrected chi connectivity index (χ3v) is 7.64. The quantitative estimate of drug-likeness (QED) is 0.160. The number of aryl methyl sites for hydroxylation is 1. The van der Waals surface area contributed by atoms with Crippen LogP contribution in [0.1, 0.15) is 44.1 Å². The van der Waals surface area contributed by atoms with Crippen molar-refractivity contribution in [1.29, 1.82) is 0 Å². The summed E-state index contributed by atoms with van der Waals surface area (Å²) in [5.41, 5.74) is 3.51. The predicted molar refractivity (Wildman–Crippen MR) is 146 cm³/mol. The number of rotatable bonds is 10. The second-order valence-electron chi connectivity index (χ2n) is 9.97. The van der Waals surface area contributed by atoms with E-state index in [0.29, 0.717) is 84.2 Å². The zero-order valence-electron chi connectivity index (χ0n) is 22.5. The molecule has 0 radical (unpaired) electrons. The van der Waals surface area contributed by atoms with Crippen molar-refractivity contribution >= 4 is 44.7 Å². The Labute approximate surface area is 235 Å². The van der Waals surface area contributed by atoms with Crippen LogP contribution in [0.25, 0.3) is 22.6 Å². The number of anilines is 1. The van der Waals surface area contributed by atoms with Crippen LogP contribution in [0, 0.1) is 6.92 Å². The zero-order valence-corrected chi connectivity index (χ0v) is 23.3. The molecule has 0 unspecified atom stereocenters. The molecule has 1 N–H and O–H groups in total. The van der Waals surface area contributed by atoms with Gasteiger partial charge in [-0.05, 0) is 37.8 Å². The van der Waals surface area contributed by atoms with Crippen molar-refractivity contribution in [3.8, 4) is 17.2 Å². The third-order valence-electron chi connectivity index (χ3n) is 6.84. The van der Waals surface area contributed by atoms with Gasteiger partial charge in [0.15, 0.2) is 11.3 Å². The number of aromatic nitrogens is 1. The number of imide groups is 1. The molecule has 0 saturated carbocycles. The summed E-state index contributed by atoms with van der Waals surface area (Å²) in [5.74, 6) is -0.754. The summed E-state index contributed by atoms with van der Waals surface area (Å²) in [4.78, 5) is 51.8. The summed E-state index contributed by atoms with van der Waals surface area (Å²) in [5, 5.41) is 1.27. The molecular formula is C27H30N4O9S. The van der Waals surface area contributed by atoms with E-state index in [4.69, 9.17) is 23.5 Å². The molecule has 1 aliphatic carbocycles. The van der Waals surface area contributed by atoms with Gasteiger partial charge in [-0.3, -0.25) is 19.1 Å². The van der Waals surface area contributed by atoms with E-state index in [9.17, 15) is 22.8 Å². The van der Waals surface area contributed by atoms with Crippen molar-refractivity contribution in [2.75, 3.05) is 36.9 Å². The number of ether oxygens (including phenoxy) is 1. The largest absolute Gasteiger partial charge is 0.489 e. The van der Waals surface area contributed by atoms with Crippen LogP contribution < -0.4 is 15.0 Å². The molecule has 0 atom stereocenters. The van der Waals surface area contributed by atoms with Crippen molar-refractivity contribution in [3.05, 3.63) is 35.2 Å². The van der Waals surface area contributed by atoms with Gasteiger partial charge >= 0.3 is 5.97 Å². The lowest BCUT2D eigenvalue weighted by atomic mass is 10.1. The van der Waals surface area contributed by atoms with E-state index in [-0.39, 0.29) is 25.0 Å².